The molecule has 0 unspecified atom stereocenters. The number of nitrogens with zero attached hydrogens (tertiary/aromatic N) is 1. The minimum atomic E-state index is -0.0958. The normalized spacial score (nSPS) is 10.6. The Kier molecular flexibility index (Phi) is 7.67. The third-order valence-corrected chi connectivity index (χ3v) is 4.09. The predicted molar refractivity (Wildman–Crippen MR) is 108 cm³/mol. The van der Waals surface area contributed by atoms with Gasteiger partial charge in [-0.15, -0.1) is 0 Å². The summed E-state index contributed by atoms with van der Waals surface area (Å²) >= 11 is 5.84. The number of carbonyl (C=O) groups excluding carboxylic acids is 2. The Morgan fingerprint density at radius 2 is 1.70 bits per heavy atom. The summed E-state index contributed by atoms with van der Waals surface area (Å²) in [6.07, 6.45) is 0.369. The molecule has 0 saturated heterocycles. The zero-order valence-electron chi connectivity index (χ0n) is 15.9. The van der Waals surface area contributed by atoms with Gasteiger partial charge >= 0.3 is 0 Å². The van der Waals surface area contributed by atoms with E-state index in [2.05, 4.69) is 5.32 Å². The lowest BCUT2D eigenvalue weighted by atomic mass is 10.1. The summed E-state index contributed by atoms with van der Waals surface area (Å²) in [7, 11) is 0. The Morgan fingerprint density at radius 3 is 2.26 bits per heavy atom. The molecule has 0 spiro atoms. The van der Waals surface area contributed by atoms with Gasteiger partial charge in [0.25, 0.3) is 0 Å². The molecule has 1 N–H and O–H groups in total. The van der Waals surface area contributed by atoms with E-state index in [0.29, 0.717) is 18.1 Å². The van der Waals surface area contributed by atoms with E-state index in [1.807, 2.05) is 50.2 Å². The van der Waals surface area contributed by atoms with Crippen molar-refractivity contribution in [3.8, 4) is 5.75 Å². The molecule has 0 radical (unpaired) electrons. The maximum absolute atomic E-state index is 12.1. The number of nitrogens with one attached hydrogen (secondary N) is 1. The molecule has 2 aromatic rings. The van der Waals surface area contributed by atoms with Crippen LogP contribution in [0.5, 0.6) is 5.75 Å². The molecule has 2 amide bonds. The Bertz CT molecular complexity index is 758. The molecule has 0 heterocycles. The summed E-state index contributed by atoms with van der Waals surface area (Å²) in [4.78, 5) is 25.7. The summed E-state index contributed by atoms with van der Waals surface area (Å²) in [6, 6.07) is 14.5. The fourth-order valence-corrected chi connectivity index (χ4v) is 2.73. The Balaban J connectivity index is 1.87. The first kappa shape index (κ1) is 20.8. The van der Waals surface area contributed by atoms with Crippen molar-refractivity contribution in [3.05, 3.63) is 59.1 Å². The number of rotatable bonds is 8. The first-order chi connectivity index (χ1) is 12.8. The van der Waals surface area contributed by atoms with Crippen LogP contribution in [-0.2, 0) is 16.0 Å². The zero-order valence-corrected chi connectivity index (χ0v) is 16.6. The van der Waals surface area contributed by atoms with Crippen LogP contribution in [0.1, 0.15) is 26.3 Å². The molecule has 0 aliphatic carbocycles. The fraction of sp³-hybridized carbons (Fsp3) is 0.333. The lowest BCUT2D eigenvalue weighted by molar-refractivity contribution is -0.121. The number of hydrogen-bond donors (Lipinski definition) is 1. The van der Waals surface area contributed by atoms with E-state index in [1.165, 1.54) is 6.92 Å². The molecule has 0 aromatic heterocycles. The van der Waals surface area contributed by atoms with Crippen molar-refractivity contribution < 1.29 is 14.3 Å². The number of amides is 2. The molecule has 0 bridgehead atoms. The number of carbonyl (C=O) groups is 2. The van der Waals surface area contributed by atoms with Gasteiger partial charge in [-0.3, -0.25) is 9.59 Å². The standard InChI is InChI=1S/C21H25ClN2O3/c1-15(2)27-20-10-8-19(9-11-20)24(16(3)25)13-12-23-21(26)14-17-4-6-18(22)7-5-17/h4-11,15H,12-14H2,1-3H3,(H,23,26). The minimum absolute atomic E-state index is 0.0838. The van der Waals surface area contributed by atoms with Crippen LogP contribution in [0.3, 0.4) is 0 Å². The van der Waals surface area contributed by atoms with E-state index in [1.54, 1.807) is 17.0 Å². The number of anilines is 1. The van der Waals surface area contributed by atoms with Crippen molar-refractivity contribution >= 4 is 29.1 Å². The third-order valence-electron chi connectivity index (χ3n) is 3.84. The van der Waals surface area contributed by atoms with Crippen LogP contribution in [0, 0.1) is 0 Å². The monoisotopic (exact) mass is 388 g/mol. The van der Waals surface area contributed by atoms with Gasteiger partial charge in [-0.25, -0.2) is 0 Å². The lowest BCUT2D eigenvalue weighted by Crippen LogP contribution is -2.38. The van der Waals surface area contributed by atoms with Gasteiger partial charge in [0.15, 0.2) is 0 Å². The summed E-state index contributed by atoms with van der Waals surface area (Å²) in [5.74, 6) is 0.578. The van der Waals surface area contributed by atoms with Crippen LogP contribution in [0.15, 0.2) is 48.5 Å². The second-order valence-electron chi connectivity index (χ2n) is 6.48. The second-order valence-corrected chi connectivity index (χ2v) is 6.92. The zero-order chi connectivity index (χ0) is 19.8. The molecular weight excluding hydrogens is 364 g/mol. The highest BCUT2D eigenvalue weighted by Gasteiger charge is 2.12. The topological polar surface area (TPSA) is 58.6 Å². The molecule has 5 nitrogen and oxygen atoms in total. The van der Waals surface area contributed by atoms with Gasteiger partial charge < -0.3 is 15.0 Å². The van der Waals surface area contributed by atoms with Gasteiger partial charge in [-0.1, -0.05) is 23.7 Å². The fourth-order valence-electron chi connectivity index (χ4n) is 2.60. The van der Waals surface area contributed by atoms with Crippen LogP contribution >= 0.6 is 11.6 Å². The molecular formula is C21H25ClN2O3. The van der Waals surface area contributed by atoms with Gasteiger partial charge in [0.05, 0.1) is 12.5 Å². The summed E-state index contributed by atoms with van der Waals surface area (Å²) in [6.45, 7) is 6.20. The molecule has 0 aliphatic heterocycles. The summed E-state index contributed by atoms with van der Waals surface area (Å²) in [5, 5.41) is 3.49. The van der Waals surface area contributed by atoms with Gasteiger partial charge in [0.2, 0.25) is 11.8 Å². The number of ether oxygens (including phenoxy) is 1. The van der Waals surface area contributed by atoms with Crippen molar-refractivity contribution in [1.29, 1.82) is 0 Å². The molecule has 0 atom stereocenters. The van der Waals surface area contributed by atoms with Gasteiger partial charge in [-0.05, 0) is 55.8 Å². The number of halogens is 1. The van der Waals surface area contributed by atoms with Gasteiger partial charge in [0, 0.05) is 30.7 Å². The highest BCUT2D eigenvalue weighted by Crippen LogP contribution is 2.20. The average molecular weight is 389 g/mol. The van der Waals surface area contributed by atoms with Crippen molar-refractivity contribution in [2.24, 2.45) is 0 Å². The van der Waals surface area contributed by atoms with Crippen molar-refractivity contribution in [2.75, 3.05) is 18.0 Å². The van der Waals surface area contributed by atoms with Crippen LogP contribution in [0.2, 0.25) is 5.02 Å². The lowest BCUT2D eigenvalue weighted by Gasteiger charge is -2.22. The van der Waals surface area contributed by atoms with Crippen molar-refractivity contribution in [2.45, 2.75) is 33.3 Å². The van der Waals surface area contributed by atoms with Crippen molar-refractivity contribution in [1.82, 2.24) is 5.32 Å². The minimum Gasteiger partial charge on any atom is -0.491 e. The maximum atomic E-state index is 12.1. The van der Waals surface area contributed by atoms with Crippen molar-refractivity contribution in [3.63, 3.8) is 0 Å². The van der Waals surface area contributed by atoms with E-state index in [-0.39, 0.29) is 24.3 Å². The average Bonchev–Trinajstić information content (AvgIpc) is 2.61. The van der Waals surface area contributed by atoms with E-state index in [4.69, 9.17) is 16.3 Å². The highest BCUT2D eigenvalue weighted by molar-refractivity contribution is 6.30. The molecule has 2 aromatic carbocycles. The van der Waals surface area contributed by atoms with E-state index < -0.39 is 0 Å². The van der Waals surface area contributed by atoms with Crippen LogP contribution in [0.25, 0.3) is 0 Å². The smallest absolute Gasteiger partial charge is 0.224 e. The molecule has 144 valence electrons. The predicted octanol–water partition coefficient (Wildman–Crippen LogP) is 3.84. The second kappa shape index (κ2) is 9.97. The molecule has 2 rings (SSSR count). The molecule has 6 heteroatoms. The van der Waals surface area contributed by atoms with E-state index >= 15 is 0 Å². The quantitative estimate of drug-likeness (QED) is 0.747. The highest BCUT2D eigenvalue weighted by atomic mass is 35.5. The molecule has 0 fully saturated rings. The molecule has 0 aliphatic rings. The summed E-state index contributed by atoms with van der Waals surface area (Å²) in [5.41, 5.74) is 1.66. The Morgan fingerprint density at radius 1 is 1.07 bits per heavy atom. The largest absolute Gasteiger partial charge is 0.491 e. The van der Waals surface area contributed by atoms with Gasteiger partial charge in [-0.2, -0.15) is 0 Å². The van der Waals surface area contributed by atoms with Crippen LogP contribution < -0.4 is 15.0 Å². The van der Waals surface area contributed by atoms with E-state index in [9.17, 15) is 9.59 Å². The molecule has 0 saturated carbocycles. The summed E-state index contributed by atoms with van der Waals surface area (Å²) < 4.78 is 5.62. The third kappa shape index (κ3) is 6.94. The van der Waals surface area contributed by atoms with Gasteiger partial charge in [0.1, 0.15) is 5.75 Å². The Hall–Kier alpha value is -2.53. The van der Waals surface area contributed by atoms with Crippen LogP contribution in [-0.4, -0.2) is 31.0 Å². The Labute approximate surface area is 165 Å². The first-order valence-corrected chi connectivity index (χ1v) is 9.29. The first-order valence-electron chi connectivity index (χ1n) is 8.91. The SMILES string of the molecule is CC(=O)N(CCNC(=O)Cc1ccc(Cl)cc1)c1ccc(OC(C)C)cc1. The van der Waals surface area contributed by atoms with E-state index in [0.717, 1.165) is 17.0 Å². The number of benzene rings is 2. The van der Waals surface area contributed by atoms with Crippen LogP contribution in [0.4, 0.5) is 5.69 Å². The molecule has 27 heavy (non-hydrogen) atoms. The number of hydrogen-bond acceptors (Lipinski definition) is 3. The maximum Gasteiger partial charge on any atom is 0.224 e.